The van der Waals surface area contributed by atoms with Crippen LogP contribution in [0.1, 0.15) is 18.5 Å². The maximum Gasteiger partial charge on any atom is 0.338 e. The lowest BCUT2D eigenvalue weighted by atomic mass is 9.95. The fourth-order valence-corrected chi connectivity index (χ4v) is 3.07. The number of carbonyl (C=O) groups excluding carboxylic acids is 1. The summed E-state index contributed by atoms with van der Waals surface area (Å²) in [5, 5.41) is 6.52. The van der Waals surface area contributed by atoms with Gasteiger partial charge in [0.1, 0.15) is 12.4 Å². The third-order valence-electron chi connectivity index (χ3n) is 3.51. The summed E-state index contributed by atoms with van der Waals surface area (Å²) in [6.45, 7) is 2.30. The maximum atomic E-state index is 12.5. The molecule has 1 aliphatic heterocycles. The maximum absolute atomic E-state index is 12.5. The van der Waals surface area contributed by atoms with E-state index in [-0.39, 0.29) is 6.61 Å². The Morgan fingerprint density at radius 1 is 1.33 bits per heavy atom. The van der Waals surface area contributed by atoms with Crippen LogP contribution in [0.25, 0.3) is 0 Å². The number of ether oxygens (including phenoxy) is 3. The Bertz CT molecular complexity index is 678. The zero-order chi connectivity index (χ0) is 17.7. The summed E-state index contributed by atoms with van der Waals surface area (Å²) >= 11 is 8.69. The first-order valence-corrected chi connectivity index (χ1v) is 8.45. The second-order valence-electron chi connectivity index (χ2n) is 5.09. The fourth-order valence-electron chi connectivity index (χ4n) is 2.42. The Balaban J connectivity index is 2.41. The molecule has 24 heavy (non-hydrogen) atoms. The molecule has 0 aliphatic carbocycles. The van der Waals surface area contributed by atoms with Crippen LogP contribution in [0.3, 0.4) is 0 Å². The molecule has 2 N–H and O–H groups in total. The third kappa shape index (κ3) is 4.25. The first-order chi connectivity index (χ1) is 11.5. The largest absolute Gasteiger partial charge is 0.496 e. The van der Waals surface area contributed by atoms with Gasteiger partial charge in [0.15, 0.2) is 5.11 Å². The molecule has 0 spiro atoms. The standard InChI is InChI=1S/C16H19BrN2O4S/c1-9-13(15(20)23-7-6-21-2)14(19-16(24)18-9)11-8-10(17)4-5-12(11)22-3/h4-5,8,14H,6-7H2,1-3H3,(H2,18,19,24)/t14-/m0/s1. The summed E-state index contributed by atoms with van der Waals surface area (Å²) < 4.78 is 16.5. The van der Waals surface area contributed by atoms with Crippen molar-refractivity contribution in [2.24, 2.45) is 0 Å². The first kappa shape index (κ1) is 18.7. The molecule has 2 rings (SSSR count). The molecular weight excluding hydrogens is 396 g/mol. The zero-order valence-corrected chi connectivity index (χ0v) is 16.0. The minimum atomic E-state index is -0.471. The van der Waals surface area contributed by atoms with Crippen molar-refractivity contribution in [3.05, 3.63) is 39.5 Å². The van der Waals surface area contributed by atoms with E-state index >= 15 is 0 Å². The van der Waals surface area contributed by atoms with Gasteiger partial charge in [-0.15, -0.1) is 0 Å². The van der Waals surface area contributed by atoms with Gasteiger partial charge in [0, 0.05) is 22.8 Å². The lowest BCUT2D eigenvalue weighted by Crippen LogP contribution is -2.45. The minimum Gasteiger partial charge on any atom is -0.496 e. The lowest BCUT2D eigenvalue weighted by molar-refractivity contribution is -0.140. The summed E-state index contributed by atoms with van der Waals surface area (Å²) in [6.07, 6.45) is 0. The first-order valence-electron chi connectivity index (χ1n) is 7.25. The molecule has 1 heterocycles. The Kier molecular flexibility index (Phi) is 6.59. The van der Waals surface area contributed by atoms with E-state index in [1.54, 1.807) is 21.1 Å². The van der Waals surface area contributed by atoms with Crippen LogP contribution in [0.4, 0.5) is 0 Å². The Labute approximate surface area is 154 Å². The summed E-state index contributed by atoms with van der Waals surface area (Å²) in [4.78, 5) is 12.5. The smallest absolute Gasteiger partial charge is 0.338 e. The van der Waals surface area contributed by atoms with E-state index in [0.29, 0.717) is 28.7 Å². The summed E-state index contributed by atoms with van der Waals surface area (Å²) in [5.41, 5.74) is 1.89. The van der Waals surface area contributed by atoms with Crippen molar-refractivity contribution in [3.8, 4) is 5.75 Å². The fraction of sp³-hybridized carbons (Fsp3) is 0.375. The third-order valence-corrected chi connectivity index (χ3v) is 4.23. The predicted octanol–water partition coefficient (Wildman–Crippen LogP) is 2.44. The van der Waals surface area contributed by atoms with E-state index < -0.39 is 12.0 Å². The predicted molar refractivity (Wildman–Crippen MR) is 97.8 cm³/mol. The van der Waals surface area contributed by atoms with Crippen molar-refractivity contribution >= 4 is 39.2 Å². The van der Waals surface area contributed by atoms with E-state index in [2.05, 4.69) is 26.6 Å². The molecule has 0 bridgehead atoms. The topological polar surface area (TPSA) is 68.8 Å². The number of carbonyl (C=O) groups is 1. The Morgan fingerprint density at radius 3 is 2.75 bits per heavy atom. The molecule has 1 aliphatic rings. The quantitative estimate of drug-likeness (QED) is 0.420. The number of thiocarbonyl (C=S) groups is 1. The average molecular weight is 415 g/mol. The van der Waals surface area contributed by atoms with Gasteiger partial charge in [-0.2, -0.15) is 0 Å². The molecule has 0 radical (unpaired) electrons. The van der Waals surface area contributed by atoms with Crippen molar-refractivity contribution in [3.63, 3.8) is 0 Å². The number of methoxy groups -OCH3 is 2. The van der Waals surface area contributed by atoms with Crippen LogP contribution in [0.15, 0.2) is 33.9 Å². The number of allylic oxidation sites excluding steroid dienone is 1. The van der Waals surface area contributed by atoms with Crippen molar-refractivity contribution in [2.45, 2.75) is 13.0 Å². The number of benzene rings is 1. The summed E-state index contributed by atoms with van der Waals surface area (Å²) in [6, 6.07) is 5.12. The van der Waals surface area contributed by atoms with E-state index in [4.69, 9.17) is 26.4 Å². The van der Waals surface area contributed by atoms with Gasteiger partial charge in [-0.25, -0.2) is 4.79 Å². The highest BCUT2D eigenvalue weighted by molar-refractivity contribution is 9.10. The van der Waals surface area contributed by atoms with E-state index in [1.165, 1.54) is 0 Å². The van der Waals surface area contributed by atoms with Crippen molar-refractivity contribution in [2.75, 3.05) is 27.4 Å². The van der Waals surface area contributed by atoms with Gasteiger partial charge < -0.3 is 24.8 Å². The number of rotatable bonds is 6. The Morgan fingerprint density at radius 2 is 2.08 bits per heavy atom. The molecular formula is C16H19BrN2O4S. The van der Waals surface area contributed by atoms with Crippen LogP contribution < -0.4 is 15.4 Å². The van der Waals surface area contributed by atoms with E-state index in [0.717, 1.165) is 10.0 Å². The van der Waals surface area contributed by atoms with E-state index in [1.807, 2.05) is 18.2 Å². The van der Waals surface area contributed by atoms with Crippen molar-refractivity contribution in [1.29, 1.82) is 0 Å². The van der Waals surface area contributed by atoms with Crippen LogP contribution in [0.5, 0.6) is 5.75 Å². The SMILES string of the molecule is COCCOC(=O)C1=C(C)NC(=S)N[C@H]1c1cc(Br)ccc1OC. The van der Waals surface area contributed by atoms with Gasteiger partial charge in [0.25, 0.3) is 0 Å². The second kappa shape index (κ2) is 8.46. The number of esters is 1. The van der Waals surface area contributed by atoms with Gasteiger partial charge in [0.05, 0.1) is 25.3 Å². The zero-order valence-electron chi connectivity index (χ0n) is 13.6. The molecule has 1 aromatic carbocycles. The molecule has 8 heteroatoms. The number of halogens is 1. The molecule has 0 unspecified atom stereocenters. The van der Waals surface area contributed by atoms with Crippen LogP contribution in [0.2, 0.25) is 0 Å². The highest BCUT2D eigenvalue weighted by Gasteiger charge is 2.32. The molecule has 0 aromatic heterocycles. The Hall–Kier alpha value is -1.64. The minimum absolute atomic E-state index is 0.179. The molecule has 0 saturated heterocycles. The summed E-state index contributed by atoms with van der Waals surface area (Å²) in [7, 11) is 3.13. The van der Waals surface area contributed by atoms with Crippen LogP contribution in [-0.2, 0) is 14.3 Å². The van der Waals surface area contributed by atoms with E-state index in [9.17, 15) is 4.79 Å². The van der Waals surface area contributed by atoms with Crippen LogP contribution in [-0.4, -0.2) is 38.5 Å². The van der Waals surface area contributed by atoms with Gasteiger partial charge in [-0.3, -0.25) is 0 Å². The molecule has 0 fully saturated rings. The number of hydrogen-bond acceptors (Lipinski definition) is 5. The van der Waals surface area contributed by atoms with Crippen LogP contribution >= 0.6 is 28.1 Å². The molecule has 130 valence electrons. The lowest BCUT2D eigenvalue weighted by Gasteiger charge is -2.30. The van der Waals surface area contributed by atoms with Gasteiger partial charge >= 0.3 is 5.97 Å². The van der Waals surface area contributed by atoms with Gasteiger partial charge in [-0.05, 0) is 37.3 Å². The molecule has 1 aromatic rings. The molecule has 0 saturated carbocycles. The number of hydrogen-bond donors (Lipinski definition) is 2. The molecule has 6 nitrogen and oxygen atoms in total. The van der Waals surface area contributed by atoms with Crippen LogP contribution in [0, 0.1) is 0 Å². The highest BCUT2D eigenvalue weighted by Crippen LogP contribution is 2.35. The monoisotopic (exact) mass is 414 g/mol. The van der Waals surface area contributed by atoms with Crippen molar-refractivity contribution < 1.29 is 19.0 Å². The second-order valence-corrected chi connectivity index (χ2v) is 6.41. The number of nitrogens with one attached hydrogen (secondary N) is 2. The summed E-state index contributed by atoms with van der Waals surface area (Å²) in [5.74, 6) is 0.217. The normalized spacial score (nSPS) is 17.2. The average Bonchev–Trinajstić information content (AvgIpc) is 2.54. The highest BCUT2D eigenvalue weighted by atomic mass is 79.9. The van der Waals surface area contributed by atoms with Gasteiger partial charge in [0.2, 0.25) is 0 Å². The van der Waals surface area contributed by atoms with Crippen molar-refractivity contribution in [1.82, 2.24) is 10.6 Å². The molecule has 1 atom stereocenters. The van der Waals surface area contributed by atoms with Gasteiger partial charge in [-0.1, -0.05) is 15.9 Å². The molecule has 0 amide bonds.